The van der Waals surface area contributed by atoms with E-state index in [0.717, 1.165) is 5.56 Å². The highest BCUT2D eigenvalue weighted by Crippen LogP contribution is 2.07. The lowest BCUT2D eigenvalue weighted by atomic mass is 10.1. The molecule has 1 heterocycles. The molecule has 0 atom stereocenters. The lowest BCUT2D eigenvalue weighted by molar-refractivity contribution is 0.0988. The molecule has 0 aliphatic carbocycles. The van der Waals surface area contributed by atoms with Crippen molar-refractivity contribution >= 4 is 5.78 Å². The van der Waals surface area contributed by atoms with Crippen molar-refractivity contribution < 1.29 is 4.79 Å². The van der Waals surface area contributed by atoms with Gasteiger partial charge in [-0.1, -0.05) is 30.3 Å². The van der Waals surface area contributed by atoms with Crippen molar-refractivity contribution in [1.29, 1.82) is 0 Å². The number of hydrogen-bond donors (Lipinski definition) is 1. The first-order chi connectivity index (χ1) is 7.36. The Kier molecular flexibility index (Phi) is 2.93. The van der Waals surface area contributed by atoms with Gasteiger partial charge in [-0.2, -0.15) is 0 Å². The van der Waals surface area contributed by atoms with E-state index in [1.807, 2.05) is 36.8 Å². The van der Waals surface area contributed by atoms with Crippen LogP contribution >= 0.6 is 0 Å². The minimum absolute atomic E-state index is 0.0279. The molecule has 3 heteroatoms. The summed E-state index contributed by atoms with van der Waals surface area (Å²) in [4.78, 5) is 18.2. The second-order valence-electron chi connectivity index (χ2n) is 3.20. The predicted molar refractivity (Wildman–Crippen MR) is 57.4 cm³/mol. The molecule has 0 unspecified atom stereocenters. The largest absolute Gasteiger partial charge is 0.350 e. The Morgan fingerprint density at radius 1 is 1.33 bits per heavy atom. The average molecular weight is 199 g/mol. The van der Waals surface area contributed by atoms with Gasteiger partial charge < -0.3 is 4.98 Å². The van der Waals surface area contributed by atoms with E-state index in [4.69, 9.17) is 0 Å². The van der Waals surface area contributed by atoms with E-state index in [1.54, 1.807) is 6.20 Å². The van der Waals surface area contributed by atoms with Crippen LogP contribution in [0, 0.1) is 6.42 Å². The summed E-state index contributed by atoms with van der Waals surface area (Å²) in [5.74, 6) is 0.0279. The molecule has 0 aliphatic heterocycles. The number of Topliss-reactive ketones (excluding diaryl/α,β-unsaturated/α-hetero) is 1. The lowest BCUT2D eigenvalue weighted by Crippen LogP contribution is -1.99. The number of benzene rings is 1. The van der Waals surface area contributed by atoms with Gasteiger partial charge in [0.25, 0.3) is 0 Å². The maximum absolute atomic E-state index is 11.6. The van der Waals surface area contributed by atoms with Crippen molar-refractivity contribution in [3.8, 4) is 0 Å². The van der Waals surface area contributed by atoms with Gasteiger partial charge in [0, 0.05) is 12.6 Å². The van der Waals surface area contributed by atoms with Crippen LogP contribution in [-0.2, 0) is 0 Å². The van der Waals surface area contributed by atoms with Crippen molar-refractivity contribution in [1.82, 2.24) is 9.97 Å². The Morgan fingerprint density at radius 2 is 2.13 bits per heavy atom. The first-order valence-electron chi connectivity index (χ1n) is 4.76. The van der Waals surface area contributed by atoms with Crippen molar-refractivity contribution in [2.75, 3.05) is 0 Å². The Morgan fingerprint density at radius 3 is 2.80 bits per heavy atom. The predicted octanol–water partition coefficient (Wildman–Crippen LogP) is 2.24. The van der Waals surface area contributed by atoms with Crippen LogP contribution in [0.1, 0.15) is 22.5 Å². The Labute approximate surface area is 88.2 Å². The SMILES string of the molecule is O=C(C[CH]c1ccccc1)c1c[nH]cn1. The molecule has 0 spiro atoms. The number of imidazole rings is 1. The number of nitrogens with zero attached hydrogens (tertiary/aromatic N) is 1. The minimum Gasteiger partial charge on any atom is -0.350 e. The topological polar surface area (TPSA) is 45.8 Å². The van der Waals surface area contributed by atoms with Gasteiger partial charge >= 0.3 is 0 Å². The summed E-state index contributed by atoms with van der Waals surface area (Å²) in [7, 11) is 0. The van der Waals surface area contributed by atoms with Gasteiger partial charge in [0.1, 0.15) is 5.69 Å². The van der Waals surface area contributed by atoms with Crippen molar-refractivity contribution in [3.05, 3.63) is 60.5 Å². The normalized spacial score (nSPS) is 10.1. The maximum atomic E-state index is 11.6. The summed E-state index contributed by atoms with van der Waals surface area (Å²) in [6, 6.07) is 9.79. The smallest absolute Gasteiger partial charge is 0.183 e. The number of nitrogens with one attached hydrogen (secondary N) is 1. The highest BCUT2D eigenvalue weighted by atomic mass is 16.1. The maximum Gasteiger partial charge on any atom is 0.183 e. The van der Waals surface area contributed by atoms with Gasteiger partial charge in [-0.25, -0.2) is 4.98 Å². The van der Waals surface area contributed by atoms with Crippen molar-refractivity contribution in [2.45, 2.75) is 6.42 Å². The molecule has 0 amide bonds. The molecule has 2 aromatic rings. The van der Waals surface area contributed by atoms with E-state index in [1.165, 1.54) is 6.33 Å². The third-order valence-electron chi connectivity index (χ3n) is 2.11. The van der Waals surface area contributed by atoms with Gasteiger partial charge in [-0.15, -0.1) is 0 Å². The zero-order chi connectivity index (χ0) is 10.5. The molecular weight excluding hydrogens is 188 g/mol. The van der Waals surface area contributed by atoms with Gasteiger partial charge in [-0.3, -0.25) is 4.79 Å². The molecule has 0 aliphatic rings. The molecule has 75 valence electrons. The molecule has 3 nitrogen and oxygen atoms in total. The standard InChI is InChI=1S/C12H11N2O/c15-12(11-8-13-9-14-11)7-6-10-4-2-1-3-5-10/h1-6,8-9H,7H2,(H,13,14). The third-order valence-corrected chi connectivity index (χ3v) is 2.11. The highest BCUT2D eigenvalue weighted by Gasteiger charge is 2.07. The second-order valence-corrected chi connectivity index (χ2v) is 3.20. The van der Waals surface area contributed by atoms with Crippen molar-refractivity contribution in [3.63, 3.8) is 0 Å². The van der Waals surface area contributed by atoms with E-state index in [9.17, 15) is 4.79 Å². The van der Waals surface area contributed by atoms with Gasteiger partial charge in [0.15, 0.2) is 5.78 Å². The van der Waals surface area contributed by atoms with Crippen LogP contribution in [0.2, 0.25) is 0 Å². The average Bonchev–Trinajstić information content (AvgIpc) is 2.81. The van der Waals surface area contributed by atoms with Crippen LogP contribution < -0.4 is 0 Å². The van der Waals surface area contributed by atoms with Gasteiger partial charge in [0.2, 0.25) is 0 Å². The fraction of sp³-hybridized carbons (Fsp3) is 0.0833. The molecule has 2 rings (SSSR count). The van der Waals surface area contributed by atoms with E-state index in [2.05, 4.69) is 9.97 Å². The minimum atomic E-state index is 0.0279. The van der Waals surface area contributed by atoms with Crippen molar-refractivity contribution in [2.24, 2.45) is 0 Å². The number of carbonyl (C=O) groups excluding carboxylic acids is 1. The van der Waals surface area contributed by atoms with Crippen LogP contribution in [0.3, 0.4) is 0 Å². The number of aromatic amines is 1. The zero-order valence-electron chi connectivity index (χ0n) is 8.18. The molecule has 1 radical (unpaired) electrons. The van der Waals surface area contributed by atoms with Gasteiger partial charge in [0.05, 0.1) is 6.33 Å². The summed E-state index contributed by atoms with van der Waals surface area (Å²) in [5, 5.41) is 0. The first kappa shape index (κ1) is 9.65. The number of H-pyrrole nitrogens is 1. The zero-order valence-corrected chi connectivity index (χ0v) is 8.18. The third kappa shape index (κ3) is 2.53. The molecule has 1 N–H and O–H groups in total. The molecule has 0 saturated heterocycles. The fourth-order valence-electron chi connectivity index (χ4n) is 1.32. The fourth-order valence-corrected chi connectivity index (χ4v) is 1.32. The van der Waals surface area contributed by atoms with E-state index in [0.29, 0.717) is 12.1 Å². The Hall–Kier alpha value is -1.90. The molecule has 1 aromatic carbocycles. The van der Waals surface area contributed by atoms with Crippen LogP contribution in [0.15, 0.2) is 42.9 Å². The monoisotopic (exact) mass is 199 g/mol. The Bertz CT molecular complexity index is 420. The number of aromatic nitrogens is 2. The van der Waals surface area contributed by atoms with E-state index < -0.39 is 0 Å². The Balaban J connectivity index is 1.92. The summed E-state index contributed by atoms with van der Waals surface area (Å²) in [5.41, 5.74) is 1.54. The van der Waals surface area contributed by atoms with Crippen LogP contribution in [0.5, 0.6) is 0 Å². The van der Waals surface area contributed by atoms with Crippen LogP contribution in [-0.4, -0.2) is 15.8 Å². The lowest BCUT2D eigenvalue weighted by Gasteiger charge is -1.98. The summed E-state index contributed by atoms with van der Waals surface area (Å²) in [6.45, 7) is 0. The molecule has 1 aromatic heterocycles. The van der Waals surface area contributed by atoms with Crippen LogP contribution in [0.25, 0.3) is 0 Å². The second kappa shape index (κ2) is 4.55. The molecule has 0 saturated carbocycles. The number of rotatable bonds is 4. The number of hydrogen-bond acceptors (Lipinski definition) is 2. The molecule has 0 fully saturated rings. The van der Waals surface area contributed by atoms with E-state index >= 15 is 0 Å². The molecule has 0 bridgehead atoms. The quantitative estimate of drug-likeness (QED) is 0.767. The number of carbonyl (C=O) groups is 1. The highest BCUT2D eigenvalue weighted by molar-refractivity contribution is 5.94. The molecular formula is C12H11N2O. The summed E-state index contributed by atoms with van der Waals surface area (Å²) >= 11 is 0. The summed E-state index contributed by atoms with van der Waals surface area (Å²) in [6.07, 6.45) is 5.41. The van der Waals surface area contributed by atoms with E-state index in [-0.39, 0.29) is 5.78 Å². The number of ketones is 1. The summed E-state index contributed by atoms with van der Waals surface area (Å²) < 4.78 is 0. The van der Waals surface area contributed by atoms with Crippen LogP contribution in [0.4, 0.5) is 0 Å². The molecule has 15 heavy (non-hydrogen) atoms. The first-order valence-corrected chi connectivity index (χ1v) is 4.76. The van der Waals surface area contributed by atoms with Gasteiger partial charge in [-0.05, 0) is 12.0 Å².